The predicted octanol–water partition coefficient (Wildman–Crippen LogP) is 1.25. The average molecular weight is 421 g/mol. The summed E-state index contributed by atoms with van der Waals surface area (Å²) >= 11 is 0. The number of methoxy groups -OCH3 is 1. The van der Waals surface area contributed by atoms with Crippen molar-refractivity contribution in [3.05, 3.63) is 69.1 Å². The van der Waals surface area contributed by atoms with Crippen molar-refractivity contribution in [3.8, 4) is 5.75 Å². The molecule has 2 aromatic heterocycles. The van der Waals surface area contributed by atoms with E-state index in [2.05, 4.69) is 4.98 Å². The quantitative estimate of drug-likeness (QED) is 0.484. The largest absolute Gasteiger partial charge is 0.497 e. The lowest BCUT2D eigenvalue weighted by molar-refractivity contribution is -0.131. The summed E-state index contributed by atoms with van der Waals surface area (Å²) in [6, 6.07) is 11.9. The molecule has 9 heteroatoms. The van der Waals surface area contributed by atoms with Crippen molar-refractivity contribution in [1.29, 1.82) is 0 Å². The number of nitrogens with zero attached hydrogens (tertiary/aromatic N) is 5. The van der Waals surface area contributed by atoms with Gasteiger partial charge in [-0.25, -0.2) is 9.78 Å². The van der Waals surface area contributed by atoms with Crippen LogP contribution in [0.25, 0.3) is 21.9 Å². The SMILES string of the molecule is COc1ccc2cc(CN(C)C(=O)Cn3cnc4c3c(=O)n(C)c(=O)n4C)ccc2c1. The monoisotopic (exact) mass is 421 g/mol. The second-order valence-electron chi connectivity index (χ2n) is 7.55. The number of aromatic nitrogens is 4. The average Bonchev–Trinajstić information content (AvgIpc) is 3.19. The predicted molar refractivity (Wildman–Crippen MR) is 117 cm³/mol. The van der Waals surface area contributed by atoms with Crippen LogP contribution in [0.5, 0.6) is 5.75 Å². The van der Waals surface area contributed by atoms with Gasteiger partial charge in [0.15, 0.2) is 11.2 Å². The van der Waals surface area contributed by atoms with Crippen LogP contribution in [0.2, 0.25) is 0 Å². The second-order valence-corrected chi connectivity index (χ2v) is 7.55. The summed E-state index contributed by atoms with van der Waals surface area (Å²) in [6.45, 7) is 0.370. The lowest BCUT2D eigenvalue weighted by Gasteiger charge is -2.18. The molecule has 0 bridgehead atoms. The number of ether oxygens (including phenoxy) is 1. The molecule has 31 heavy (non-hydrogen) atoms. The van der Waals surface area contributed by atoms with Gasteiger partial charge < -0.3 is 14.2 Å². The van der Waals surface area contributed by atoms with Crippen LogP contribution in [0, 0.1) is 0 Å². The number of hydrogen-bond acceptors (Lipinski definition) is 5. The van der Waals surface area contributed by atoms with Crippen molar-refractivity contribution in [2.45, 2.75) is 13.1 Å². The van der Waals surface area contributed by atoms with Crippen LogP contribution >= 0.6 is 0 Å². The summed E-state index contributed by atoms with van der Waals surface area (Å²) in [7, 11) is 6.30. The molecule has 0 aliphatic heterocycles. The highest BCUT2D eigenvalue weighted by molar-refractivity contribution is 5.85. The fourth-order valence-electron chi connectivity index (χ4n) is 3.64. The zero-order valence-corrected chi connectivity index (χ0v) is 17.8. The molecule has 0 radical (unpaired) electrons. The molecule has 2 aromatic carbocycles. The van der Waals surface area contributed by atoms with E-state index in [1.165, 1.54) is 22.5 Å². The van der Waals surface area contributed by atoms with Gasteiger partial charge >= 0.3 is 5.69 Å². The van der Waals surface area contributed by atoms with Crippen LogP contribution in [-0.2, 0) is 32.0 Å². The van der Waals surface area contributed by atoms with E-state index < -0.39 is 11.2 Å². The molecule has 0 aliphatic carbocycles. The first-order valence-corrected chi connectivity index (χ1v) is 9.71. The molecular weight excluding hydrogens is 398 g/mol. The number of aryl methyl sites for hydroxylation is 1. The normalized spacial score (nSPS) is 11.2. The van der Waals surface area contributed by atoms with Gasteiger partial charge in [0.1, 0.15) is 12.3 Å². The molecule has 0 fully saturated rings. The van der Waals surface area contributed by atoms with E-state index in [-0.39, 0.29) is 23.6 Å². The lowest BCUT2D eigenvalue weighted by atomic mass is 10.1. The summed E-state index contributed by atoms with van der Waals surface area (Å²) in [5.74, 6) is 0.619. The maximum Gasteiger partial charge on any atom is 0.332 e. The first-order valence-electron chi connectivity index (χ1n) is 9.71. The smallest absolute Gasteiger partial charge is 0.332 e. The van der Waals surface area contributed by atoms with E-state index in [0.29, 0.717) is 6.54 Å². The van der Waals surface area contributed by atoms with Crippen molar-refractivity contribution >= 4 is 27.8 Å². The second kappa shape index (κ2) is 7.75. The van der Waals surface area contributed by atoms with Gasteiger partial charge in [-0.3, -0.25) is 18.7 Å². The number of carbonyl (C=O) groups excluding carboxylic acids is 1. The Hall–Kier alpha value is -3.88. The maximum atomic E-state index is 12.8. The minimum atomic E-state index is -0.476. The summed E-state index contributed by atoms with van der Waals surface area (Å²) in [4.78, 5) is 43.2. The fourth-order valence-corrected chi connectivity index (χ4v) is 3.64. The van der Waals surface area contributed by atoms with Crippen LogP contribution in [0.15, 0.2) is 52.3 Å². The summed E-state index contributed by atoms with van der Waals surface area (Å²) < 4.78 is 9.05. The Bertz CT molecular complexity index is 1430. The minimum absolute atomic E-state index is 0.0504. The van der Waals surface area contributed by atoms with Gasteiger partial charge in [0.2, 0.25) is 5.91 Å². The van der Waals surface area contributed by atoms with Gasteiger partial charge in [-0.1, -0.05) is 18.2 Å². The van der Waals surface area contributed by atoms with Gasteiger partial charge in [-0.15, -0.1) is 0 Å². The number of likely N-dealkylation sites (N-methyl/N-ethyl adjacent to an activating group) is 1. The van der Waals surface area contributed by atoms with Gasteiger partial charge in [-0.05, 0) is 34.5 Å². The third-order valence-electron chi connectivity index (χ3n) is 5.48. The van der Waals surface area contributed by atoms with Gasteiger partial charge in [0.05, 0.1) is 13.4 Å². The van der Waals surface area contributed by atoms with E-state index in [1.807, 2.05) is 36.4 Å². The van der Waals surface area contributed by atoms with Gasteiger partial charge in [0.25, 0.3) is 5.56 Å². The van der Waals surface area contributed by atoms with Crippen LogP contribution in [0.4, 0.5) is 0 Å². The molecule has 4 aromatic rings. The maximum absolute atomic E-state index is 12.8. The van der Waals surface area contributed by atoms with Gasteiger partial charge in [0, 0.05) is 27.7 Å². The molecule has 0 atom stereocenters. The highest BCUT2D eigenvalue weighted by Gasteiger charge is 2.17. The molecule has 0 aliphatic rings. The standard InChI is InChI=1S/C22H23N5O4/c1-24(11-14-5-6-16-10-17(31-4)8-7-15(16)9-14)18(28)12-27-13-23-20-19(27)21(29)26(3)22(30)25(20)2/h5-10,13H,11-12H2,1-4H3. The van der Waals surface area contributed by atoms with Crippen LogP contribution in [-0.4, -0.2) is 43.6 Å². The summed E-state index contributed by atoms with van der Waals surface area (Å²) in [6.07, 6.45) is 1.42. The third-order valence-corrected chi connectivity index (χ3v) is 5.48. The molecular formula is C22H23N5O4. The highest BCUT2D eigenvalue weighted by Crippen LogP contribution is 2.22. The molecule has 0 saturated carbocycles. The Labute approximate surface area is 177 Å². The summed E-state index contributed by atoms with van der Waals surface area (Å²) in [5, 5.41) is 2.12. The number of rotatable bonds is 5. The summed E-state index contributed by atoms with van der Waals surface area (Å²) in [5.41, 5.74) is 0.540. The Morgan fingerprint density at radius 1 is 1.06 bits per heavy atom. The van der Waals surface area contributed by atoms with Gasteiger partial charge in [-0.2, -0.15) is 0 Å². The molecule has 160 valence electrons. The fraction of sp³-hybridized carbons (Fsp3) is 0.273. The van der Waals surface area contributed by atoms with Crippen molar-refractivity contribution in [2.24, 2.45) is 14.1 Å². The zero-order valence-electron chi connectivity index (χ0n) is 17.8. The first-order chi connectivity index (χ1) is 14.8. The van der Waals surface area contributed by atoms with E-state index in [9.17, 15) is 14.4 Å². The van der Waals surface area contributed by atoms with Crippen LogP contribution < -0.4 is 16.0 Å². The Balaban J connectivity index is 1.56. The molecule has 1 amide bonds. The number of fused-ring (bicyclic) bond motifs is 2. The third kappa shape index (κ3) is 3.58. The first kappa shape index (κ1) is 20.4. The Morgan fingerprint density at radius 2 is 1.77 bits per heavy atom. The molecule has 0 unspecified atom stereocenters. The van der Waals surface area contributed by atoms with Crippen molar-refractivity contribution in [2.75, 3.05) is 14.2 Å². The molecule has 4 rings (SSSR count). The Kier molecular flexibility index (Phi) is 5.10. The van der Waals surface area contributed by atoms with E-state index in [1.54, 1.807) is 26.1 Å². The molecule has 2 heterocycles. The van der Waals surface area contributed by atoms with Crippen molar-refractivity contribution in [1.82, 2.24) is 23.6 Å². The Morgan fingerprint density at radius 3 is 2.52 bits per heavy atom. The molecule has 0 saturated heterocycles. The van der Waals surface area contributed by atoms with Crippen LogP contribution in [0.1, 0.15) is 5.56 Å². The van der Waals surface area contributed by atoms with E-state index in [4.69, 9.17) is 4.74 Å². The highest BCUT2D eigenvalue weighted by atomic mass is 16.5. The number of imidazole rings is 1. The topological polar surface area (TPSA) is 91.4 Å². The molecule has 0 N–H and O–H groups in total. The molecule has 9 nitrogen and oxygen atoms in total. The zero-order chi connectivity index (χ0) is 22.3. The van der Waals surface area contributed by atoms with Crippen molar-refractivity contribution < 1.29 is 9.53 Å². The lowest BCUT2D eigenvalue weighted by Crippen LogP contribution is -2.38. The minimum Gasteiger partial charge on any atom is -0.497 e. The number of benzene rings is 2. The van der Waals surface area contributed by atoms with E-state index >= 15 is 0 Å². The molecule has 0 spiro atoms. The number of hydrogen-bond donors (Lipinski definition) is 0. The van der Waals surface area contributed by atoms with Crippen LogP contribution in [0.3, 0.4) is 0 Å². The van der Waals surface area contributed by atoms with Crippen molar-refractivity contribution in [3.63, 3.8) is 0 Å². The van der Waals surface area contributed by atoms with E-state index in [0.717, 1.165) is 26.7 Å². The number of carbonyl (C=O) groups is 1. The number of amides is 1.